The minimum absolute atomic E-state index is 0.181. The van der Waals surface area contributed by atoms with Gasteiger partial charge in [-0.2, -0.15) is 5.10 Å². The van der Waals surface area contributed by atoms with Crippen LogP contribution in [0, 0.1) is 0 Å². The first-order valence-electron chi connectivity index (χ1n) is 12.6. The van der Waals surface area contributed by atoms with Crippen LogP contribution >= 0.6 is 0 Å². The Bertz CT molecular complexity index is 1000. The van der Waals surface area contributed by atoms with Gasteiger partial charge in [0.2, 0.25) is 6.41 Å². The molecule has 1 N–H and O–H groups in total. The molecule has 9 nitrogen and oxygen atoms in total. The van der Waals surface area contributed by atoms with Crippen LogP contribution in [0.5, 0.6) is 0 Å². The van der Waals surface area contributed by atoms with Crippen molar-refractivity contribution in [1.29, 1.82) is 0 Å². The molecule has 1 saturated heterocycles. The molecule has 0 spiro atoms. The van der Waals surface area contributed by atoms with E-state index in [4.69, 9.17) is 4.74 Å². The van der Waals surface area contributed by atoms with Crippen molar-refractivity contribution < 1.29 is 19.1 Å². The Morgan fingerprint density at radius 2 is 1.89 bits per heavy atom. The summed E-state index contributed by atoms with van der Waals surface area (Å²) in [7, 11) is 1.86. The number of anilines is 1. The van der Waals surface area contributed by atoms with E-state index in [0.29, 0.717) is 31.2 Å². The number of benzene rings is 1. The summed E-state index contributed by atoms with van der Waals surface area (Å²) in [5.41, 5.74) is 1.71. The Morgan fingerprint density at radius 3 is 2.46 bits per heavy atom. The number of ether oxygens (including phenoxy) is 1. The average Bonchev–Trinajstić information content (AvgIpc) is 3.13. The number of urea groups is 1. The van der Waals surface area contributed by atoms with Crippen molar-refractivity contribution >= 4 is 35.1 Å². The molecule has 0 aliphatic carbocycles. The number of aryl methyl sites for hydroxylation is 1. The Balaban J connectivity index is 0.00000210. The van der Waals surface area contributed by atoms with Gasteiger partial charge < -0.3 is 4.74 Å². The number of nitrogens with one attached hydrogen (secondary N) is 1. The van der Waals surface area contributed by atoms with E-state index in [1.807, 2.05) is 54.7 Å². The lowest BCUT2D eigenvalue weighted by molar-refractivity contribution is -0.156. The number of rotatable bonds is 7. The molecule has 0 saturated carbocycles. The molecule has 3 rings (SSSR count). The maximum Gasteiger partial charge on any atom is 0.329 e. The summed E-state index contributed by atoms with van der Waals surface area (Å²) in [6, 6.07) is 5.77. The normalized spacial score (nSPS) is 14.7. The summed E-state index contributed by atoms with van der Waals surface area (Å²) < 4.78 is 7.22. The predicted octanol–water partition coefficient (Wildman–Crippen LogP) is 4.20. The first-order chi connectivity index (χ1) is 16.6. The zero-order valence-electron chi connectivity index (χ0n) is 22.3. The van der Waals surface area contributed by atoms with Crippen LogP contribution in [0.15, 0.2) is 18.2 Å². The molecule has 1 aromatic heterocycles. The lowest BCUT2D eigenvalue weighted by Gasteiger charge is -2.32. The molecule has 1 aromatic carbocycles. The van der Waals surface area contributed by atoms with E-state index in [0.717, 1.165) is 43.3 Å². The number of hydrogen-bond donors (Lipinski definition) is 1. The van der Waals surface area contributed by atoms with Crippen LogP contribution in [-0.2, 0) is 21.4 Å². The second kappa shape index (κ2) is 12.7. The molecule has 1 fully saturated rings. The second-order valence-corrected chi connectivity index (χ2v) is 9.58. The Morgan fingerprint density at radius 1 is 1.23 bits per heavy atom. The fraction of sp³-hybridized carbons (Fsp3) is 0.615. The number of imide groups is 1. The van der Waals surface area contributed by atoms with Crippen LogP contribution in [0.2, 0.25) is 0 Å². The predicted molar refractivity (Wildman–Crippen MR) is 139 cm³/mol. The number of piperidine rings is 1. The van der Waals surface area contributed by atoms with Gasteiger partial charge >= 0.3 is 12.0 Å². The van der Waals surface area contributed by atoms with Gasteiger partial charge in [0.05, 0.1) is 12.1 Å². The molecule has 0 atom stereocenters. The van der Waals surface area contributed by atoms with Gasteiger partial charge in [-0.3, -0.25) is 29.4 Å². The molecule has 2 heterocycles. The molecule has 0 bridgehead atoms. The first-order valence-corrected chi connectivity index (χ1v) is 12.6. The minimum Gasteiger partial charge on any atom is -0.459 e. The fourth-order valence-electron chi connectivity index (χ4n) is 4.34. The van der Waals surface area contributed by atoms with Crippen molar-refractivity contribution in [3.63, 3.8) is 0 Å². The van der Waals surface area contributed by atoms with E-state index in [-0.39, 0.29) is 5.97 Å². The van der Waals surface area contributed by atoms with Gasteiger partial charge in [0, 0.05) is 19.0 Å². The van der Waals surface area contributed by atoms with E-state index in [1.54, 1.807) is 4.68 Å². The van der Waals surface area contributed by atoms with Gasteiger partial charge in [-0.05, 0) is 76.7 Å². The molecule has 0 radical (unpaired) electrons. The molecular formula is C26H41N5O4. The highest BCUT2D eigenvalue weighted by Gasteiger charge is 2.26. The van der Waals surface area contributed by atoms with Crippen LogP contribution in [-0.4, -0.2) is 64.9 Å². The number of carbonyl (C=O) groups excluding carboxylic acids is 3. The summed E-state index contributed by atoms with van der Waals surface area (Å²) in [5.74, 6) is 0.764. The minimum atomic E-state index is -0.478. The summed E-state index contributed by atoms with van der Waals surface area (Å²) in [5, 5.41) is 7.67. The van der Waals surface area contributed by atoms with Gasteiger partial charge in [-0.15, -0.1) is 0 Å². The molecule has 9 heteroatoms. The lowest BCUT2D eigenvalue weighted by Crippen LogP contribution is -2.40. The Labute approximate surface area is 208 Å². The van der Waals surface area contributed by atoms with Crippen molar-refractivity contribution in [3.8, 4) is 0 Å². The summed E-state index contributed by atoms with van der Waals surface area (Å²) in [6.07, 6.45) is 3.05. The van der Waals surface area contributed by atoms with E-state index in [9.17, 15) is 14.4 Å². The molecule has 2 aromatic rings. The van der Waals surface area contributed by atoms with Gasteiger partial charge in [0.25, 0.3) is 0 Å². The quantitative estimate of drug-likeness (QED) is 0.464. The van der Waals surface area contributed by atoms with Crippen molar-refractivity contribution in [2.75, 3.05) is 31.1 Å². The largest absolute Gasteiger partial charge is 0.459 e. The molecule has 35 heavy (non-hydrogen) atoms. The van der Waals surface area contributed by atoms with E-state index in [1.165, 1.54) is 10.5 Å². The maximum absolute atomic E-state index is 12.4. The van der Waals surface area contributed by atoms with Crippen LogP contribution in [0.25, 0.3) is 10.9 Å². The standard InChI is InChI=1S/C24H35N5O4.C2H6/c1-6-11-29(23(32)25-16-30)22-19-8-7-18(14-20(19)27(5)26-22)17-9-12-28(13-10-17)15-21(31)33-24(2,3)4;1-2/h7-8,14,16-17H,6,9-13,15H2,1-5H3,(H,25,30,32);1-2H3. The van der Waals surface area contributed by atoms with Crippen molar-refractivity contribution in [1.82, 2.24) is 20.0 Å². The topological polar surface area (TPSA) is 96.8 Å². The molecule has 1 aliphatic rings. The highest BCUT2D eigenvalue weighted by Crippen LogP contribution is 2.33. The number of amides is 3. The highest BCUT2D eigenvalue weighted by molar-refractivity contribution is 6.03. The number of aromatic nitrogens is 2. The van der Waals surface area contributed by atoms with E-state index < -0.39 is 11.6 Å². The van der Waals surface area contributed by atoms with E-state index in [2.05, 4.69) is 27.4 Å². The zero-order valence-corrected chi connectivity index (χ0v) is 22.3. The summed E-state index contributed by atoms with van der Waals surface area (Å²) >= 11 is 0. The SMILES string of the molecule is CC.CCCN(C(=O)NC=O)c1nn(C)c2cc(C3CCN(CC(=O)OC(C)(C)C)CC3)ccc12. The Hall–Kier alpha value is -2.94. The number of esters is 1. The van der Waals surface area contributed by atoms with Gasteiger partial charge in [-0.25, -0.2) is 4.79 Å². The van der Waals surface area contributed by atoms with E-state index >= 15 is 0 Å². The third-order valence-corrected chi connectivity index (χ3v) is 5.82. The number of hydrogen-bond acceptors (Lipinski definition) is 6. The van der Waals surface area contributed by atoms with Crippen LogP contribution in [0.3, 0.4) is 0 Å². The summed E-state index contributed by atoms with van der Waals surface area (Å²) in [6.45, 7) is 14.1. The highest BCUT2D eigenvalue weighted by atomic mass is 16.6. The fourth-order valence-corrected chi connectivity index (χ4v) is 4.34. The molecule has 0 unspecified atom stereocenters. The number of nitrogens with zero attached hydrogens (tertiary/aromatic N) is 4. The van der Waals surface area contributed by atoms with Crippen molar-refractivity contribution in [3.05, 3.63) is 23.8 Å². The maximum atomic E-state index is 12.4. The van der Waals surface area contributed by atoms with Crippen LogP contribution in [0.1, 0.15) is 72.3 Å². The third kappa shape index (κ3) is 7.52. The average molecular weight is 488 g/mol. The molecule has 194 valence electrons. The molecular weight excluding hydrogens is 446 g/mol. The van der Waals surface area contributed by atoms with Crippen molar-refractivity contribution in [2.45, 2.75) is 72.3 Å². The number of carbonyl (C=O) groups is 3. The van der Waals surface area contributed by atoms with Crippen LogP contribution < -0.4 is 10.2 Å². The van der Waals surface area contributed by atoms with Gasteiger partial charge in [0.15, 0.2) is 5.82 Å². The molecule has 3 amide bonds. The monoisotopic (exact) mass is 487 g/mol. The first kappa shape index (κ1) is 28.3. The smallest absolute Gasteiger partial charge is 0.329 e. The van der Waals surface area contributed by atoms with Gasteiger partial charge in [0.1, 0.15) is 5.60 Å². The van der Waals surface area contributed by atoms with Gasteiger partial charge in [-0.1, -0.05) is 26.8 Å². The third-order valence-electron chi connectivity index (χ3n) is 5.82. The lowest BCUT2D eigenvalue weighted by atomic mass is 9.89. The Kier molecular flexibility index (Phi) is 10.2. The number of likely N-dealkylation sites (tertiary alicyclic amines) is 1. The van der Waals surface area contributed by atoms with Crippen molar-refractivity contribution in [2.24, 2.45) is 7.05 Å². The zero-order chi connectivity index (χ0) is 26.2. The van der Waals surface area contributed by atoms with Crippen LogP contribution in [0.4, 0.5) is 10.6 Å². The summed E-state index contributed by atoms with van der Waals surface area (Å²) in [4.78, 5) is 38.9. The second-order valence-electron chi connectivity index (χ2n) is 9.58. The molecule has 1 aliphatic heterocycles. The number of fused-ring (bicyclic) bond motifs is 1.